The highest BCUT2D eigenvalue weighted by molar-refractivity contribution is 5.63. The summed E-state index contributed by atoms with van der Waals surface area (Å²) in [6.45, 7) is 4.20. The van der Waals surface area contributed by atoms with Gasteiger partial charge in [0.05, 0.1) is 0 Å². The molecule has 88 valence electrons. The number of hydrogen-bond donors (Lipinski definition) is 0. The lowest BCUT2D eigenvalue weighted by Crippen LogP contribution is -2.09. The van der Waals surface area contributed by atoms with Crippen LogP contribution in [0.4, 0.5) is 0 Å². The maximum Gasteiger partial charge on any atom is 0.0130 e. The predicted octanol–water partition coefficient (Wildman–Crippen LogP) is 4.60. The van der Waals surface area contributed by atoms with E-state index in [-0.39, 0.29) is 0 Å². The number of hydrogen-bond acceptors (Lipinski definition) is 0. The van der Waals surface area contributed by atoms with Gasteiger partial charge in [0.25, 0.3) is 0 Å². The molecule has 0 aromatic heterocycles. The largest absolute Gasteiger partial charge is 0.0952 e. The zero-order valence-corrected chi connectivity index (χ0v) is 10.3. The molecule has 18 heavy (non-hydrogen) atoms. The summed E-state index contributed by atoms with van der Waals surface area (Å²) in [6.07, 6.45) is 5.34. The summed E-state index contributed by atoms with van der Waals surface area (Å²) in [5.41, 5.74) is 5.30. The molecule has 0 N–H and O–H groups in total. The summed E-state index contributed by atoms with van der Waals surface area (Å²) in [5, 5.41) is 0. The molecule has 1 atom stereocenters. The summed E-state index contributed by atoms with van der Waals surface area (Å²) >= 11 is 0. The molecule has 0 saturated heterocycles. The van der Waals surface area contributed by atoms with Gasteiger partial charge in [-0.05, 0) is 28.7 Å². The standard InChI is InChI=1S/C18H16/c1-14-11-12-16-9-5-6-10-17(16)18(14)13-15-7-3-2-4-8-15/h2-12,18H,1,13H2. The molecular formula is C18H16. The summed E-state index contributed by atoms with van der Waals surface area (Å²) in [6, 6.07) is 19.2. The van der Waals surface area contributed by atoms with Crippen LogP contribution in [0, 0.1) is 0 Å². The van der Waals surface area contributed by atoms with Crippen LogP contribution >= 0.6 is 0 Å². The normalized spacial score (nSPS) is 17.6. The van der Waals surface area contributed by atoms with Crippen molar-refractivity contribution >= 4 is 6.08 Å². The minimum absolute atomic E-state index is 0.411. The molecule has 0 heterocycles. The van der Waals surface area contributed by atoms with Crippen LogP contribution in [0.5, 0.6) is 0 Å². The lowest BCUT2D eigenvalue weighted by Gasteiger charge is -2.24. The fourth-order valence-electron chi connectivity index (χ4n) is 2.58. The highest BCUT2D eigenvalue weighted by Crippen LogP contribution is 2.35. The second-order valence-electron chi connectivity index (χ2n) is 4.78. The summed E-state index contributed by atoms with van der Waals surface area (Å²) in [4.78, 5) is 0. The third kappa shape index (κ3) is 2.02. The van der Waals surface area contributed by atoms with Gasteiger partial charge in [-0.2, -0.15) is 0 Å². The van der Waals surface area contributed by atoms with Crippen molar-refractivity contribution in [3.05, 3.63) is 89.5 Å². The second kappa shape index (κ2) is 4.66. The van der Waals surface area contributed by atoms with Crippen molar-refractivity contribution < 1.29 is 0 Å². The van der Waals surface area contributed by atoms with Crippen molar-refractivity contribution in [3.8, 4) is 0 Å². The van der Waals surface area contributed by atoms with Crippen LogP contribution < -0.4 is 0 Å². The van der Waals surface area contributed by atoms with E-state index in [4.69, 9.17) is 0 Å². The lowest BCUT2D eigenvalue weighted by molar-refractivity contribution is 0.800. The third-order valence-electron chi connectivity index (χ3n) is 3.58. The Labute approximate surface area is 108 Å². The quantitative estimate of drug-likeness (QED) is 0.710. The first kappa shape index (κ1) is 11.0. The van der Waals surface area contributed by atoms with Crippen LogP contribution in [0.1, 0.15) is 22.6 Å². The molecule has 1 aliphatic carbocycles. The van der Waals surface area contributed by atoms with Crippen LogP contribution in [-0.4, -0.2) is 0 Å². The summed E-state index contributed by atoms with van der Waals surface area (Å²) in [7, 11) is 0. The molecule has 2 aromatic rings. The first-order chi connectivity index (χ1) is 8.84. The maximum atomic E-state index is 4.20. The van der Waals surface area contributed by atoms with Gasteiger partial charge in [0.2, 0.25) is 0 Å². The van der Waals surface area contributed by atoms with Crippen molar-refractivity contribution in [2.45, 2.75) is 12.3 Å². The molecule has 1 aliphatic rings. The zero-order valence-electron chi connectivity index (χ0n) is 10.3. The van der Waals surface area contributed by atoms with Crippen LogP contribution in [0.3, 0.4) is 0 Å². The fourth-order valence-corrected chi connectivity index (χ4v) is 2.58. The van der Waals surface area contributed by atoms with Gasteiger partial charge in [0, 0.05) is 5.92 Å². The second-order valence-corrected chi connectivity index (χ2v) is 4.78. The van der Waals surface area contributed by atoms with Crippen molar-refractivity contribution in [2.24, 2.45) is 0 Å². The molecular weight excluding hydrogens is 216 g/mol. The molecule has 0 fully saturated rings. The highest BCUT2D eigenvalue weighted by Gasteiger charge is 2.19. The molecule has 3 rings (SSSR count). The van der Waals surface area contributed by atoms with Crippen molar-refractivity contribution in [2.75, 3.05) is 0 Å². The lowest BCUT2D eigenvalue weighted by atomic mass is 9.80. The molecule has 0 saturated carbocycles. The molecule has 0 nitrogen and oxygen atoms in total. The van der Waals surface area contributed by atoms with Gasteiger partial charge >= 0.3 is 0 Å². The Balaban J connectivity index is 1.96. The average Bonchev–Trinajstić information content (AvgIpc) is 2.43. The maximum absolute atomic E-state index is 4.20. The first-order valence-electron chi connectivity index (χ1n) is 6.34. The number of benzene rings is 2. The molecule has 0 spiro atoms. The number of rotatable bonds is 2. The molecule has 2 aromatic carbocycles. The van der Waals surface area contributed by atoms with E-state index in [0.29, 0.717) is 5.92 Å². The Bertz CT molecular complexity index is 590. The van der Waals surface area contributed by atoms with Gasteiger partial charge in [-0.15, -0.1) is 0 Å². The Morgan fingerprint density at radius 1 is 0.833 bits per heavy atom. The minimum Gasteiger partial charge on any atom is -0.0952 e. The van der Waals surface area contributed by atoms with E-state index in [1.807, 2.05) is 0 Å². The monoisotopic (exact) mass is 232 g/mol. The Morgan fingerprint density at radius 3 is 2.39 bits per heavy atom. The summed E-state index contributed by atoms with van der Waals surface area (Å²) < 4.78 is 0. The Morgan fingerprint density at radius 2 is 1.56 bits per heavy atom. The summed E-state index contributed by atoms with van der Waals surface area (Å²) in [5.74, 6) is 0.411. The molecule has 0 bridgehead atoms. The third-order valence-corrected chi connectivity index (χ3v) is 3.58. The van der Waals surface area contributed by atoms with Crippen LogP contribution in [-0.2, 0) is 6.42 Å². The molecule has 0 radical (unpaired) electrons. The van der Waals surface area contributed by atoms with Crippen LogP contribution in [0.25, 0.3) is 6.08 Å². The molecule has 0 aliphatic heterocycles. The minimum atomic E-state index is 0.411. The van der Waals surface area contributed by atoms with E-state index in [1.54, 1.807) is 0 Å². The topological polar surface area (TPSA) is 0 Å². The van der Waals surface area contributed by atoms with Crippen LogP contribution in [0.2, 0.25) is 0 Å². The first-order valence-corrected chi connectivity index (χ1v) is 6.34. The van der Waals surface area contributed by atoms with Crippen molar-refractivity contribution in [1.82, 2.24) is 0 Å². The fraction of sp³-hybridized carbons (Fsp3) is 0.111. The van der Waals surface area contributed by atoms with E-state index in [2.05, 4.69) is 73.3 Å². The molecule has 0 heteroatoms. The average molecular weight is 232 g/mol. The Kier molecular flexibility index (Phi) is 2.85. The van der Waals surface area contributed by atoms with E-state index in [0.717, 1.165) is 6.42 Å². The van der Waals surface area contributed by atoms with E-state index in [9.17, 15) is 0 Å². The van der Waals surface area contributed by atoms with Gasteiger partial charge in [-0.3, -0.25) is 0 Å². The molecule has 1 unspecified atom stereocenters. The van der Waals surface area contributed by atoms with Gasteiger partial charge in [-0.1, -0.05) is 73.3 Å². The van der Waals surface area contributed by atoms with E-state index >= 15 is 0 Å². The highest BCUT2D eigenvalue weighted by atomic mass is 14.2. The van der Waals surface area contributed by atoms with Gasteiger partial charge < -0.3 is 0 Å². The van der Waals surface area contributed by atoms with E-state index < -0.39 is 0 Å². The number of allylic oxidation sites excluding steroid dienone is 2. The van der Waals surface area contributed by atoms with Gasteiger partial charge in [0.1, 0.15) is 0 Å². The smallest absolute Gasteiger partial charge is 0.0130 e. The SMILES string of the molecule is C=C1C=Cc2ccccc2C1Cc1ccccc1. The predicted molar refractivity (Wildman–Crippen MR) is 77.5 cm³/mol. The molecule has 0 amide bonds. The number of fused-ring (bicyclic) bond motifs is 1. The van der Waals surface area contributed by atoms with Gasteiger partial charge in [-0.25, -0.2) is 0 Å². The van der Waals surface area contributed by atoms with Gasteiger partial charge in [0.15, 0.2) is 0 Å². The Hall–Kier alpha value is -2.08. The van der Waals surface area contributed by atoms with Crippen molar-refractivity contribution in [1.29, 1.82) is 0 Å². The van der Waals surface area contributed by atoms with E-state index in [1.165, 1.54) is 22.3 Å². The van der Waals surface area contributed by atoms with Crippen LogP contribution in [0.15, 0.2) is 72.8 Å². The zero-order chi connectivity index (χ0) is 12.4. The van der Waals surface area contributed by atoms with Crippen molar-refractivity contribution in [3.63, 3.8) is 0 Å².